The lowest BCUT2D eigenvalue weighted by atomic mass is 10.1. The number of primary amides is 1. The summed E-state index contributed by atoms with van der Waals surface area (Å²) in [5.74, 6) is 0. The van der Waals surface area contributed by atoms with Gasteiger partial charge in [-0.1, -0.05) is 5.11 Å². The van der Waals surface area contributed by atoms with Crippen LogP contribution in [0, 0.1) is 6.92 Å². The minimum atomic E-state index is -4.18. The molecule has 3 N–H and O–H groups in total. The zero-order valence-corrected chi connectivity index (χ0v) is 14.8. The highest BCUT2D eigenvalue weighted by molar-refractivity contribution is 7.71. The number of hydrogen-bond donors (Lipinski definition) is 2. The van der Waals surface area contributed by atoms with Crippen molar-refractivity contribution < 1.29 is 23.1 Å². The van der Waals surface area contributed by atoms with Gasteiger partial charge in [-0.3, -0.25) is 23.7 Å². The molecular weight excluding hydrogens is 371 g/mol. The summed E-state index contributed by atoms with van der Waals surface area (Å²) in [5, 5.41) is 3.56. The number of nitrogens with zero attached hydrogens (tertiary/aromatic N) is 4. The number of azide groups is 1. The molecule has 0 spiro atoms. The first kappa shape index (κ1) is 19.9. The van der Waals surface area contributed by atoms with E-state index in [4.69, 9.17) is 20.5 Å². The van der Waals surface area contributed by atoms with Gasteiger partial charge < -0.3 is 15.0 Å². The molecule has 0 aliphatic carbocycles. The summed E-state index contributed by atoms with van der Waals surface area (Å²) in [4.78, 5) is 39.4. The zero-order valence-electron chi connectivity index (χ0n) is 13.9. The predicted molar refractivity (Wildman–Crippen MR) is 87.7 cm³/mol. The van der Waals surface area contributed by atoms with E-state index in [9.17, 15) is 18.9 Å². The molecule has 0 radical (unpaired) electrons. The van der Waals surface area contributed by atoms with Crippen molar-refractivity contribution in [1.82, 2.24) is 9.55 Å². The van der Waals surface area contributed by atoms with Crippen LogP contribution in [0.2, 0.25) is 0 Å². The largest absolute Gasteiger partial charge is 0.417 e. The molecule has 2 rings (SSSR count). The normalized spacial score (nSPS) is 24.6. The molecule has 13 nitrogen and oxygen atoms in total. The number of amides is 1. The highest BCUT2D eigenvalue weighted by Crippen LogP contribution is 2.47. The molecule has 26 heavy (non-hydrogen) atoms. The summed E-state index contributed by atoms with van der Waals surface area (Å²) in [6.07, 6.45) is -0.376. The van der Waals surface area contributed by atoms with Crippen molar-refractivity contribution in [2.75, 3.05) is 13.7 Å². The summed E-state index contributed by atoms with van der Waals surface area (Å²) >= 11 is 0. The molecular formula is C12H17N6O7P. The molecule has 0 saturated carbocycles. The molecule has 1 amide bonds. The van der Waals surface area contributed by atoms with E-state index in [1.165, 1.54) is 13.1 Å². The van der Waals surface area contributed by atoms with Gasteiger partial charge in [-0.25, -0.2) is 9.36 Å². The number of aryl methyl sites for hydroxylation is 1. The van der Waals surface area contributed by atoms with E-state index < -0.39 is 49.5 Å². The third-order valence-electron chi connectivity index (χ3n) is 3.78. The summed E-state index contributed by atoms with van der Waals surface area (Å²) in [6, 6.07) is -0.776. The van der Waals surface area contributed by atoms with Crippen LogP contribution in [0.15, 0.2) is 20.9 Å². The summed E-state index contributed by atoms with van der Waals surface area (Å²) < 4.78 is 28.3. The van der Waals surface area contributed by atoms with Gasteiger partial charge in [0, 0.05) is 30.2 Å². The van der Waals surface area contributed by atoms with Crippen LogP contribution in [0.5, 0.6) is 0 Å². The maximum absolute atomic E-state index is 12.0. The van der Waals surface area contributed by atoms with Crippen LogP contribution in [0.3, 0.4) is 0 Å². The second kappa shape index (κ2) is 7.85. The molecule has 1 aromatic rings. The molecule has 1 fully saturated rings. The number of nitrogens with one attached hydrogen (secondary N) is 1. The van der Waals surface area contributed by atoms with E-state index in [1.807, 2.05) is 0 Å². The molecule has 0 aromatic carbocycles. The van der Waals surface area contributed by atoms with Crippen LogP contribution < -0.4 is 17.0 Å². The Bertz CT molecular complexity index is 904. The van der Waals surface area contributed by atoms with E-state index in [1.54, 1.807) is 0 Å². The van der Waals surface area contributed by atoms with Crippen LogP contribution in [-0.2, 0) is 18.3 Å². The molecule has 1 unspecified atom stereocenters. The van der Waals surface area contributed by atoms with Crippen LogP contribution in [0.25, 0.3) is 10.4 Å². The summed E-state index contributed by atoms with van der Waals surface area (Å²) in [5.41, 5.74) is 11.4. The van der Waals surface area contributed by atoms with Gasteiger partial charge in [0.25, 0.3) is 5.56 Å². The fourth-order valence-electron chi connectivity index (χ4n) is 2.40. The van der Waals surface area contributed by atoms with E-state index in [0.717, 1.165) is 11.7 Å². The molecule has 1 aliphatic heterocycles. The molecule has 1 aromatic heterocycles. The predicted octanol–water partition coefficient (Wildman–Crippen LogP) is 0.746. The third-order valence-corrected chi connectivity index (χ3v) is 5.29. The topological polar surface area (TPSA) is 191 Å². The lowest BCUT2D eigenvalue weighted by Crippen LogP contribution is -2.33. The number of nitrogens with two attached hydrogens (primary N) is 1. The van der Waals surface area contributed by atoms with Gasteiger partial charge in [0.1, 0.15) is 6.23 Å². The van der Waals surface area contributed by atoms with Crippen molar-refractivity contribution in [3.8, 4) is 0 Å². The quantitative estimate of drug-likeness (QED) is 0.298. The fourth-order valence-corrected chi connectivity index (χ4v) is 3.16. The zero-order chi connectivity index (χ0) is 19.5. The van der Waals surface area contributed by atoms with Gasteiger partial charge in [0.2, 0.25) is 0 Å². The Balaban J connectivity index is 2.23. The molecule has 142 valence electrons. The van der Waals surface area contributed by atoms with E-state index in [0.29, 0.717) is 0 Å². The van der Waals surface area contributed by atoms with Crippen LogP contribution in [0.4, 0.5) is 4.79 Å². The first-order chi connectivity index (χ1) is 12.2. The van der Waals surface area contributed by atoms with Crippen LogP contribution >= 0.6 is 7.60 Å². The molecule has 14 heteroatoms. The standard InChI is InChI=1S/C12H17N6O7P/c1-6-4-18(12(21)15-10(6)19)9-3-7(16-17-14)8(25-9)5-24-26(22,23-2)11(13)20/h4,7-9H,3,5H2,1-2H3,(H2,13,20)(H,15,19,21)/t7-,8+,9+,26?/m0/s1. The van der Waals surface area contributed by atoms with Crippen molar-refractivity contribution in [3.05, 3.63) is 43.0 Å². The van der Waals surface area contributed by atoms with E-state index in [-0.39, 0.29) is 12.0 Å². The Morgan fingerprint density at radius 2 is 2.31 bits per heavy atom. The lowest BCUT2D eigenvalue weighted by Gasteiger charge is -2.19. The van der Waals surface area contributed by atoms with Crippen molar-refractivity contribution in [2.45, 2.75) is 31.7 Å². The van der Waals surface area contributed by atoms with Gasteiger partial charge in [0.05, 0.1) is 18.8 Å². The number of carbonyl (C=O) groups excluding carboxylic acids is 1. The molecule has 1 aliphatic rings. The molecule has 2 heterocycles. The second-order valence-corrected chi connectivity index (χ2v) is 7.49. The van der Waals surface area contributed by atoms with Gasteiger partial charge in [-0.15, -0.1) is 0 Å². The average molecular weight is 388 g/mol. The Kier molecular flexibility index (Phi) is 6.01. The number of aromatic amines is 1. The molecule has 4 atom stereocenters. The molecule has 0 bridgehead atoms. The Hall–Kier alpha value is -2.43. The number of hydrogen-bond acceptors (Lipinski definition) is 8. The average Bonchev–Trinajstić information content (AvgIpc) is 2.99. The summed E-state index contributed by atoms with van der Waals surface area (Å²) in [7, 11) is -3.18. The Morgan fingerprint density at radius 3 is 2.88 bits per heavy atom. The smallest absolute Gasteiger partial charge is 0.359 e. The van der Waals surface area contributed by atoms with Gasteiger partial charge in [-0.2, -0.15) is 0 Å². The SMILES string of the molecule is COP(=O)(OC[C@H]1O[C@@H](n2cc(C)c(=O)[nH]c2=O)C[C@@H]1N=[N+]=[N-])C(N)=O. The van der Waals surface area contributed by atoms with Crippen molar-refractivity contribution in [3.63, 3.8) is 0 Å². The minimum absolute atomic E-state index is 0.0946. The highest BCUT2D eigenvalue weighted by Gasteiger charge is 2.39. The fraction of sp³-hybridized carbons (Fsp3) is 0.583. The number of aromatic nitrogens is 2. The lowest BCUT2D eigenvalue weighted by molar-refractivity contribution is -0.0239. The summed E-state index contributed by atoms with van der Waals surface area (Å²) in [6.45, 7) is 1.09. The Labute approximate surface area is 146 Å². The number of H-pyrrole nitrogens is 1. The van der Waals surface area contributed by atoms with Crippen LogP contribution in [-0.4, -0.2) is 41.1 Å². The number of rotatable bonds is 7. The highest BCUT2D eigenvalue weighted by atomic mass is 31.2. The monoisotopic (exact) mass is 388 g/mol. The van der Waals surface area contributed by atoms with E-state index >= 15 is 0 Å². The third kappa shape index (κ3) is 4.03. The van der Waals surface area contributed by atoms with Crippen LogP contribution in [0.1, 0.15) is 18.2 Å². The first-order valence-electron chi connectivity index (χ1n) is 7.34. The maximum Gasteiger partial charge on any atom is 0.417 e. The minimum Gasteiger partial charge on any atom is -0.359 e. The van der Waals surface area contributed by atoms with Gasteiger partial charge in [-0.05, 0) is 12.5 Å². The Morgan fingerprint density at radius 1 is 1.62 bits per heavy atom. The molecule has 1 saturated heterocycles. The maximum atomic E-state index is 12.0. The van der Waals surface area contributed by atoms with Gasteiger partial charge >= 0.3 is 18.9 Å². The van der Waals surface area contributed by atoms with Gasteiger partial charge in [0.15, 0.2) is 0 Å². The number of carbonyl (C=O) groups is 1. The first-order valence-corrected chi connectivity index (χ1v) is 8.88. The van der Waals surface area contributed by atoms with E-state index in [2.05, 4.69) is 19.5 Å². The van der Waals surface area contributed by atoms with Crippen molar-refractivity contribution in [1.29, 1.82) is 0 Å². The van der Waals surface area contributed by atoms with Crippen molar-refractivity contribution in [2.24, 2.45) is 10.8 Å². The van der Waals surface area contributed by atoms with Crippen molar-refractivity contribution >= 4 is 13.2 Å². The number of ether oxygens (including phenoxy) is 1. The second-order valence-electron chi connectivity index (χ2n) is 5.43.